The Morgan fingerprint density at radius 3 is 2.56 bits per heavy atom. The first-order valence-electron chi connectivity index (χ1n) is 8.05. The molecule has 0 saturated heterocycles. The molecule has 27 heavy (non-hydrogen) atoms. The van der Waals surface area contributed by atoms with Crippen molar-refractivity contribution in [2.75, 3.05) is 0 Å². The van der Waals surface area contributed by atoms with Crippen molar-refractivity contribution in [3.05, 3.63) is 87.8 Å². The highest BCUT2D eigenvalue weighted by Crippen LogP contribution is 2.30. The van der Waals surface area contributed by atoms with E-state index in [9.17, 15) is 18.4 Å². The van der Waals surface area contributed by atoms with Gasteiger partial charge in [-0.15, -0.1) is 11.3 Å². The van der Waals surface area contributed by atoms with Crippen LogP contribution >= 0.6 is 11.3 Å². The Morgan fingerprint density at radius 2 is 1.81 bits per heavy atom. The van der Waals surface area contributed by atoms with Crippen molar-refractivity contribution in [3.63, 3.8) is 0 Å². The van der Waals surface area contributed by atoms with Gasteiger partial charge in [0.1, 0.15) is 16.5 Å². The fourth-order valence-corrected chi connectivity index (χ4v) is 3.76. The number of nitrogens with zero attached hydrogens (tertiary/aromatic N) is 2. The Kier molecular flexibility index (Phi) is 4.37. The standard InChI is InChI=1S/C20H12F2N2O2S/c21-13-7-5-12(6-8-13)15-10-27-19-18(15)20(26)24(11-23-19)9-17(25)14-3-1-2-4-16(14)22/h1-8,10-11H,9H2. The molecule has 0 N–H and O–H groups in total. The maximum Gasteiger partial charge on any atom is 0.263 e. The zero-order valence-corrected chi connectivity index (χ0v) is 14.7. The number of carbonyl (C=O) groups excluding carboxylic acids is 1. The first-order chi connectivity index (χ1) is 13.0. The van der Waals surface area contributed by atoms with Gasteiger partial charge in [0.25, 0.3) is 5.56 Å². The quantitative estimate of drug-likeness (QED) is 0.495. The molecule has 7 heteroatoms. The largest absolute Gasteiger partial charge is 0.292 e. The van der Waals surface area contributed by atoms with Gasteiger partial charge in [-0.3, -0.25) is 14.2 Å². The van der Waals surface area contributed by atoms with Crippen LogP contribution in [0.15, 0.2) is 65.0 Å². The molecule has 0 aliphatic carbocycles. The zero-order valence-electron chi connectivity index (χ0n) is 13.9. The van der Waals surface area contributed by atoms with Gasteiger partial charge in [0.05, 0.1) is 23.8 Å². The van der Waals surface area contributed by atoms with Gasteiger partial charge in [-0.2, -0.15) is 0 Å². The molecule has 0 atom stereocenters. The van der Waals surface area contributed by atoms with Gasteiger partial charge in [-0.25, -0.2) is 13.8 Å². The van der Waals surface area contributed by atoms with Gasteiger partial charge in [0.2, 0.25) is 0 Å². The predicted octanol–water partition coefficient (Wildman–Crippen LogP) is 4.29. The number of benzene rings is 2. The van der Waals surface area contributed by atoms with Crippen LogP contribution in [0.25, 0.3) is 21.3 Å². The van der Waals surface area contributed by atoms with E-state index >= 15 is 0 Å². The minimum atomic E-state index is -0.632. The Morgan fingerprint density at radius 1 is 1.07 bits per heavy atom. The molecule has 0 spiro atoms. The van der Waals surface area contributed by atoms with Crippen LogP contribution in [0.2, 0.25) is 0 Å². The highest BCUT2D eigenvalue weighted by Gasteiger charge is 2.17. The summed E-state index contributed by atoms with van der Waals surface area (Å²) in [5.74, 6) is -1.52. The van der Waals surface area contributed by atoms with Crippen molar-refractivity contribution < 1.29 is 13.6 Å². The summed E-state index contributed by atoms with van der Waals surface area (Å²) in [4.78, 5) is 30.1. The van der Waals surface area contributed by atoms with Crippen LogP contribution in [0, 0.1) is 11.6 Å². The highest BCUT2D eigenvalue weighted by molar-refractivity contribution is 7.17. The van der Waals surface area contributed by atoms with E-state index in [4.69, 9.17) is 0 Å². The van der Waals surface area contributed by atoms with E-state index in [0.717, 1.165) is 4.57 Å². The van der Waals surface area contributed by atoms with Crippen LogP contribution in [-0.2, 0) is 6.54 Å². The zero-order chi connectivity index (χ0) is 19.0. The Hall–Kier alpha value is -3.19. The van der Waals surface area contributed by atoms with Gasteiger partial charge in [-0.1, -0.05) is 24.3 Å². The van der Waals surface area contributed by atoms with E-state index in [0.29, 0.717) is 21.3 Å². The number of rotatable bonds is 4. The van der Waals surface area contributed by atoms with Gasteiger partial charge >= 0.3 is 0 Å². The lowest BCUT2D eigenvalue weighted by Gasteiger charge is -2.06. The summed E-state index contributed by atoms with van der Waals surface area (Å²) < 4.78 is 28.2. The van der Waals surface area contributed by atoms with Crippen LogP contribution < -0.4 is 5.56 Å². The van der Waals surface area contributed by atoms with Crippen molar-refractivity contribution in [2.45, 2.75) is 6.54 Å². The van der Waals surface area contributed by atoms with Crippen molar-refractivity contribution in [3.8, 4) is 11.1 Å². The van der Waals surface area contributed by atoms with Crippen LogP contribution in [0.1, 0.15) is 10.4 Å². The SMILES string of the molecule is O=C(Cn1cnc2scc(-c3ccc(F)cc3)c2c1=O)c1ccccc1F. The lowest BCUT2D eigenvalue weighted by molar-refractivity contribution is 0.0966. The molecule has 0 unspecified atom stereocenters. The summed E-state index contributed by atoms with van der Waals surface area (Å²) >= 11 is 1.29. The Balaban J connectivity index is 1.77. The Bertz CT molecular complexity index is 1210. The van der Waals surface area contributed by atoms with E-state index in [1.165, 1.54) is 48.0 Å². The predicted molar refractivity (Wildman–Crippen MR) is 100 cm³/mol. The third-order valence-electron chi connectivity index (χ3n) is 4.20. The van der Waals surface area contributed by atoms with E-state index in [1.807, 2.05) is 0 Å². The Labute approximate surface area is 156 Å². The first-order valence-corrected chi connectivity index (χ1v) is 8.93. The van der Waals surface area contributed by atoms with Crippen molar-refractivity contribution in [2.24, 2.45) is 0 Å². The van der Waals surface area contributed by atoms with Crippen molar-refractivity contribution >= 4 is 27.3 Å². The van der Waals surface area contributed by atoms with Gasteiger partial charge in [0, 0.05) is 10.9 Å². The highest BCUT2D eigenvalue weighted by atomic mass is 32.1. The minimum Gasteiger partial charge on any atom is -0.292 e. The molecule has 4 aromatic rings. The summed E-state index contributed by atoms with van der Waals surface area (Å²) in [6, 6.07) is 11.4. The van der Waals surface area contributed by atoms with Crippen LogP contribution in [0.3, 0.4) is 0 Å². The second-order valence-corrected chi connectivity index (χ2v) is 6.78. The summed E-state index contributed by atoms with van der Waals surface area (Å²) in [7, 11) is 0. The molecule has 2 heterocycles. The minimum absolute atomic E-state index is 0.0754. The smallest absolute Gasteiger partial charge is 0.263 e. The van der Waals surface area contributed by atoms with Crippen LogP contribution in [-0.4, -0.2) is 15.3 Å². The molecule has 0 fully saturated rings. The summed E-state index contributed by atoms with van der Waals surface area (Å²) in [6.07, 6.45) is 1.29. The lowest BCUT2D eigenvalue weighted by Crippen LogP contribution is -2.25. The fraction of sp³-hybridized carbons (Fsp3) is 0.0500. The monoisotopic (exact) mass is 382 g/mol. The molecule has 4 nitrogen and oxygen atoms in total. The molecular formula is C20H12F2N2O2S. The topological polar surface area (TPSA) is 52.0 Å². The number of hydrogen-bond acceptors (Lipinski definition) is 4. The summed E-state index contributed by atoms with van der Waals surface area (Å²) in [5.41, 5.74) is 0.832. The number of halogens is 2. The molecule has 2 aromatic heterocycles. The molecule has 0 saturated carbocycles. The van der Waals surface area contributed by atoms with Crippen LogP contribution in [0.4, 0.5) is 8.78 Å². The number of carbonyl (C=O) groups is 1. The molecule has 2 aromatic carbocycles. The maximum absolute atomic E-state index is 13.8. The van der Waals surface area contributed by atoms with Gasteiger partial charge < -0.3 is 0 Å². The fourth-order valence-electron chi connectivity index (χ4n) is 2.85. The van der Waals surface area contributed by atoms with Crippen LogP contribution in [0.5, 0.6) is 0 Å². The maximum atomic E-state index is 13.8. The number of ketones is 1. The molecule has 4 rings (SSSR count). The molecule has 0 amide bonds. The van der Waals surface area contributed by atoms with E-state index in [2.05, 4.69) is 4.98 Å². The van der Waals surface area contributed by atoms with Gasteiger partial charge in [0.15, 0.2) is 5.78 Å². The second-order valence-electron chi connectivity index (χ2n) is 5.92. The average Bonchev–Trinajstić information content (AvgIpc) is 3.10. The average molecular weight is 382 g/mol. The lowest BCUT2D eigenvalue weighted by atomic mass is 10.1. The molecule has 0 aliphatic rings. The molecule has 134 valence electrons. The van der Waals surface area contributed by atoms with Crippen molar-refractivity contribution in [1.82, 2.24) is 9.55 Å². The van der Waals surface area contributed by atoms with Gasteiger partial charge in [-0.05, 0) is 29.8 Å². The third-order valence-corrected chi connectivity index (χ3v) is 5.09. The number of fused-ring (bicyclic) bond motifs is 1. The van der Waals surface area contributed by atoms with E-state index in [-0.39, 0.29) is 17.9 Å². The third kappa shape index (κ3) is 3.17. The van der Waals surface area contributed by atoms with E-state index < -0.39 is 17.2 Å². The number of hydrogen-bond donors (Lipinski definition) is 0. The normalized spacial score (nSPS) is 11.0. The molecule has 0 radical (unpaired) electrons. The number of thiophene rings is 1. The number of aromatic nitrogens is 2. The summed E-state index contributed by atoms with van der Waals surface area (Å²) in [5, 5.41) is 2.13. The van der Waals surface area contributed by atoms with E-state index in [1.54, 1.807) is 23.6 Å². The number of Topliss-reactive ketones (excluding diaryl/α,β-unsaturated/α-hetero) is 1. The first kappa shape index (κ1) is 17.2. The molecule has 0 aliphatic heterocycles. The second kappa shape index (κ2) is 6.85. The summed E-state index contributed by atoms with van der Waals surface area (Å²) in [6.45, 7) is -0.318. The molecule has 0 bridgehead atoms. The molecular weight excluding hydrogens is 370 g/mol. The van der Waals surface area contributed by atoms with Crippen molar-refractivity contribution in [1.29, 1.82) is 0 Å².